The van der Waals surface area contributed by atoms with E-state index in [-0.39, 0.29) is 0 Å². The van der Waals surface area contributed by atoms with Crippen molar-refractivity contribution in [2.24, 2.45) is 0 Å². The number of methoxy groups -OCH3 is 1. The SMILES string of the molecule is [2H]c1c(N)c(S(=O)(=O)CC)c([2H])c(C(=O)NC([2H])([2H])C2CCCN2CC)c1OC([2H])([2H])[2H]. The topological polar surface area (TPSA) is 102 Å². The van der Waals surface area contributed by atoms with Gasteiger partial charge < -0.3 is 15.8 Å². The molecule has 1 atom stereocenters. The van der Waals surface area contributed by atoms with Crippen LogP contribution in [0.5, 0.6) is 5.75 Å². The molecule has 0 aromatic heterocycles. The molecule has 25 heavy (non-hydrogen) atoms. The van der Waals surface area contributed by atoms with Gasteiger partial charge in [0.2, 0.25) is 0 Å². The molecule has 1 saturated heterocycles. The van der Waals surface area contributed by atoms with Gasteiger partial charge in [-0.1, -0.05) is 13.8 Å². The van der Waals surface area contributed by atoms with Crippen molar-refractivity contribution in [1.82, 2.24) is 10.2 Å². The van der Waals surface area contributed by atoms with E-state index in [1.807, 2.05) is 11.8 Å². The third kappa shape index (κ3) is 4.24. The maximum absolute atomic E-state index is 13.1. The Morgan fingerprint density at radius 3 is 2.96 bits per heavy atom. The van der Waals surface area contributed by atoms with Crippen molar-refractivity contribution in [3.63, 3.8) is 0 Å². The highest BCUT2D eigenvalue weighted by molar-refractivity contribution is 7.91. The maximum atomic E-state index is 13.1. The fraction of sp³-hybridized carbons (Fsp3) is 0.588. The van der Waals surface area contributed by atoms with Crippen molar-refractivity contribution < 1.29 is 27.5 Å². The fourth-order valence-electron chi connectivity index (χ4n) is 2.68. The molecule has 1 unspecified atom stereocenters. The van der Waals surface area contributed by atoms with Gasteiger partial charge in [-0.15, -0.1) is 0 Å². The number of anilines is 1. The van der Waals surface area contributed by atoms with Crippen LogP contribution in [0.15, 0.2) is 17.0 Å². The molecule has 0 aliphatic carbocycles. The molecular weight excluding hydrogens is 342 g/mol. The Bertz CT molecular complexity index is 999. The average molecular weight is 377 g/mol. The maximum Gasteiger partial charge on any atom is 0.255 e. The standard InChI is InChI=1S/C17H27N3O4S/c1-4-20-8-6-7-12(20)11-19-17(21)13-9-16(25(22,23)5-2)14(18)10-15(13)24-3/h9-10,12H,4-8,11,18H2,1-3H3,(H,19,21)/i3D3,9D,10D,11D2. The number of carbonyl (C=O) groups excluding carboxylic acids is 1. The minimum absolute atomic E-state index is 0.453. The number of likely N-dealkylation sites (tertiary alicyclic amines) is 1. The Kier molecular flexibility index (Phi) is 3.78. The van der Waals surface area contributed by atoms with Crippen molar-refractivity contribution in [2.45, 2.75) is 37.6 Å². The first-order valence-corrected chi connectivity index (χ1v) is 9.63. The lowest BCUT2D eigenvalue weighted by atomic mass is 10.1. The Balaban J connectivity index is 2.67. The number of benzene rings is 1. The van der Waals surface area contributed by atoms with Gasteiger partial charge in [0.25, 0.3) is 5.91 Å². The quantitative estimate of drug-likeness (QED) is 0.695. The van der Waals surface area contributed by atoms with Crippen LogP contribution < -0.4 is 15.8 Å². The first kappa shape index (κ1) is 11.7. The molecule has 8 heteroatoms. The number of nitrogens with zero attached hydrogens (tertiary/aromatic N) is 1. The van der Waals surface area contributed by atoms with E-state index in [2.05, 4.69) is 5.32 Å². The highest BCUT2D eigenvalue weighted by Gasteiger charge is 2.25. The zero-order valence-electron chi connectivity index (χ0n) is 21.2. The van der Waals surface area contributed by atoms with Crippen LogP contribution in [-0.4, -0.2) is 57.6 Å². The van der Waals surface area contributed by atoms with Crippen molar-refractivity contribution >= 4 is 21.4 Å². The molecule has 1 fully saturated rings. The summed E-state index contributed by atoms with van der Waals surface area (Å²) in [6.07, 6.45) is 1.16. The van der Waals surface area contributed by atoms with Crippen LogP contribution in [0.4, 0.5) is 5.69 Å². The molecule has 7 nitrogen and oxygen atoms in total. The highest BCUT2D eigenvalue weighted by Crippen LogP contribution is 2.29. The summed E-state index contributed by atoms with van der Waals surface area (Å²) in [5.74, 6) is -2.67. The monoisotopic (exact) mass is 376 g/mol. The molecule has 0 saturated carbocycles. The Labute approximate surface area is 159 Å². The molecule has 1 aliphatic rings. The van der Waals surface area contributed by atoms with E-state index < -0.39 is 75.1 Å². The van der Waals surface area contributed by atoms with Crippen LogP contribution in [0.2, 0.25) is 0 Å². The van der Waals surface area contributed by atoms with E-state index in [4.69, 9.17) is 20.1 Å². The second-order valence-electron chi connectivity index (χ2n) is 5.59. The number of likely N-dealkylation sites (N-methyl/N-ethyl adjacent to an activating group) is 1. The minimum Gasteiger partial charge on any atom is -0.496 e. The number of carbonyl (C=O) groups is 1. The van der Waals surface area contributed by atoms with E-state index in [1.54, 1.807) is 0 Å². The lowest BCUT2D eigenvalue weighted by Crippen LogP contribution is -2.40. The molecule has 2 rings (SSSR count). The molecule has 0 bridgehead atoms. The number of nitrogens with two attached hydrogens (primary N) is 1. The second-order valence-corrected chi connectivity index (χ2v) is 7.80. The van der Waals surface area contributed by atoms with Gasteiger partial charge in [0, 0.05) is 18.6 Å². The number of ether oxygens (including phenoxy) is 1. The second kappa shape index (κ2) is 8.05. The van der Waals surface area contributed by atoms with Gasteiger partial charge in [-0.3, -0.25) is 9.69 Å². The molecule has 1 heterocycles. The molecule has 0 radical (unpaired) electrons. The highest BCUT2D eigenvalue weighted by atomic mass is 32.2. The Morgan fingerprint density at radius 2 is 2.32 bits per heavy atom. The largest absolute Gasteiger partial charge is 0.496 e. The van der Waals surface area contributed by atoms with Gasteiger partial charge in [0.1, 0.15) is 5.75 Å². The van der Waals surface area contributed by atoms with Crippen LogP contribution in [0.1, 0.15) is 46.6 Å². The summed E-state index contributed by atoms with van der Waals surface area (Å²) >= 11 is 0. The molecule has 140 valence electrons. The van der Waals surface area contributed by atoms with Gasteiger partial charge in [-0.2, -0.15) is 0 Å². The van der Waals surface area contributed by atoms with Crippen LogP contribution >= 0.6 is 0 Å². The van der Waals surface area contributed by atoms with Gasteiger partial charge in [0.15, 0.2) is 9.84 Å². The van der Waals surface area contributed by atoms with E-state index in [0.717, 1.165) is 0 Å². The van der Waals surface area contributed by atoms with E-state index in [0.29, 0.717) is 25.9 Å². The van der Waals surface area contributed by atoms with Crippen molar-refractivity contribution in [1.29, 1.82) is 0 Å². The molecule has 1 aliphatic heterocycles. The average Bonchev–Trinajstić information content (AvgIpc) is 3.14. The molecule has 1 amide bonds. The number of nitrogen functional groups attached to an aromatic ring is 1. The Morgan fingerprint density at radius 1 is 1.56 bits per heavy atom. The van der Waals surface area contributed by atoms with Crippen molar-refractivity contribution in [2.75, 3.05) is 38.1 Å². The number of amides is 1. The van der Waals surface area contributed by atoms with Gasteiger partial charge in [0.05, 0.1) is 38.5 Å². The summed E-state index contributed by atoms with van der Waals surface area (Å²) < 4.78 is 84.9. The zero-order valence-corrected chi connectivity index (χ0v) is 15.0. The molecule has 1 aromatic rings. The predicted octanol–water partition coefficient (Wildman–Crippen LogP) is 1.29. The van der Waals surface area contributed by atoms with Crippen molar-refractivity contribution in [3.8, 4) is 5.75 Å². The fourth-order valence-corrected chi connectivity index (χ4v) is 3.62. The molecule has 1 aromatic carbocycles. The summed E-state index contributed by atoms with van der Waals surface area (Å²) in [7, 11) is -7.32. The van der Waals surface area contributed by atoms with E-state index in [9.17, 15) is 13.2 Å². The number of hydrogen-bond donors (Lipinski definition) is 2. The van der Waals surface area contributed by atoms with Gasteiger partial charge in [-0.25, -0.2) is 8.42 Å². The third-order valence-electron chi connectivity index (χ3n) is 4.10. The van der Waals surface area contributed by atoms with E-state index in [1.165, 1.54) is 6.92 Å². The first-order chi connectivity index (χ1) is 14.6. The first-order valence-electron chi connectivity index (χ1n) is 11.5. The minimum atomic E-state index is -4.18. The molecular formula is C17H27N3O4S. The number of sulfone groups is 1. The number of rotatable bonds is 7. The Hall–Kier alpha value is -1.80. The van der Waals surface area contributed by atoms with Gasteiger partial charge in [-0.05, 0) is 32.0 Å². The summed E-state index contributed by atoms with van der Waals surface area (Å²) in [4.78, 5) is 14.1. The van der Waals surface area contributed by atoms with Crippen molar-refractivity contribution in [3.05, 3.63) is 17.6 Å². The molecule has 3 N–H and O–H groups in total. The lowest BCUT2D eigenvalue weighted by Gasteiger charge is -2.23. The zero-order chi connectivity index (χ0) is 24.6. The number of nitrogens with one attached hydrogen (secondary N) is 1. The number of hydrogen-bond acceptors (Lipinski definition) is 6. The van der Waals surface area contributed by atoms with Crippen LogP contribution in [0, 0.1) is 0 Å². The smallest absolute Gasteiger partial charge is 0.255 e. The van der Waals surface area contributed by atoms with Crippen LogP contribution in [-0.2, 0) is 9.84 Å². The van der Waals surface area contributed by atoms with Crippen LogP contribution in [0.25, 0.3) is 0 Å². The predicted molar refractivity (Wildman–Crippen MR) is 97.7 cm³/mol. The lowest BCUT2D eigenvalue weighted by molar-refractivity contribution is 0.0938. The van der Waals surface area contributed by atoms with Crippen LogP contribution in [0.3, 0.4) is 0 Å². The third-order valence-corrected chi connectivity index (χ3v) is 5.80. The van der Waals surface area contributed by atoms with E-state index >= 15 is 0 Å². The normalized spacial score (nSPS) is 23.4. The summed E-state index contributed by atoms with van der Waals surface area (Å²) in [5, 5.41) is 2.14. The molecule has 0 spiro atoms. The summed E-state index contributed by atoms with van der Waals surface area (Å²) in [6, 6.07) is -2.52. The summed E-state index contributed by atoms with van der Waals surface area (Å²) in [5.41, 5.74) is 4.14. The van der Waals surface area contributed by atoms with Gasteiger partial charge >= 0.3 is 0 Å². The summed E-state index contributed by atoms with van der Waals surface area (Å²) in [6.45, 7) is 2.00.